The van der Waals surface area contributed by atoms with Gasteiger partial charge in [-0.3, -0.25) is 9.98 Å². The number of phenolic OH excluding ortho intramolecular Hbond substituents is 2. The number of hydrogen-bond donors (Lipinski definition) is 2. The molecule has 248 valence electrons. The molecular formula is C36H54Cl3MnN2O2. The molecule has 0 radical (unpaired) electrons. The first kappa shape index (κ1) is 39.0. The molecule has 0 amide bonds. The molecule has 1 saturated carbocycles. The zero-order valence-electron chi connectivity index (χ0n) is 28.7. The second-order valence-corrected chi connectivity index (χ2v) is 21.9. The van der Waals surface area contributed by atoms with Crippen molar-refractivity contribution in [3.63, 3.8) is 0 Å². The van der Waals surface area contributed by atoms with Crippen LogP contribution in [0.4, 0.5) is 0 Å². The zero-order valence-corrected chi connectivity index (χ0v) is 32.2. The Hall–Kier alpha value is -1.23. The van der Waals surface area contributed by atoms with Crippen LogP contribution in [0, 0.1) is 0 Å². The van der Waals surface area contributed by atoms with Crippen molar-refractivity contribution in [2.24, 2.45) is 9.98 Å². The summed E-state index contributed by atoms with van der Waals surface area (Å²) in [7, 11) is 14.7. The summed E-state index contributed by atoms with van der Waals surface area (Å²) in [6, 6.07) is 8.53. The number of phenols is 2. The Morgan fingerprint density at radius 3 is 1.14 bits per heavy atom. The van der Waals surface area contributed by atoms with E-state index >= 15 is 0 Å². The summed E-state index contributed by atoms with van der Waals surface area (Å²) in [4.78, 5) is 10.1. The van der Waals surface area contributed by atoms with E-state index in [1.165, 1.54) is 11.1 Å². The van der Waals surface area contributed by atoms with E-state index in [9.17, 15) is 10.2 Å². The summed E-state index contributed by atoms with van der Waals surface area (Å²) in [5, 5.41) is 22.5. The number of aromatic hydroxyl groups is 2. The van der Waals surface area contributed by atoms with Crippen LogP contribution in [0.25, 0.3) is 0 Å². The minimum atomic E-state index is -1.48. The SMILES string of the molecule is CC(C)(C)c1cc(C=N[C@@H]2CCCC[C@H]2N=Cc2cc(C(C)(C)C)cc(C(C)(C)C)c2O)c(O)c(C(C)(C)C)c1.[Cl][Mn]([Cl])[Cl]. The van der Waals surface area contributed by atoms with Crippen LogP contribution in [-0.2, 0) is 32.8 Å². The first-order chi connectivity index (χ1) is 19.9. The fraction of sp³-hybridized carbons (Fsp3) is 0.611. The molecule has 4 nitrogen and oxygen atoms in total. The molecule has 44 heavy (non-hydrogen) atoms. The molecule has 1 aliphatic rings. The van der Waals surface area contributed by atoms with E-state index in [1.807, 2.05) is 12.4 Å². The van der Waals surface area contributed by atoms with Crippen LogP contribution in [-0.4, -0.2) is 34.7 Å². The Morgan fingerprint density at radius 1 is 0.591 bits per heavy atom. The van der Waals surface area contributed by atoms with Gasteiger partial charge in [-0.2, -0.15) is 0 Å². The normalized spacial score (nSPS) is 18.8. The molecule has 0 saturated heterocycles. The topological polar surface area (TPSA) is 65.2 Å². The predicted octanol–water partition coefficient (Wildman–Crippen LogP) is 11.2. The Labute approximate surface area is 284 Å². The van der Waals surface area contributed by atoms with Crippen LogP contribution < -0.4 is 0 Å². The average Bonchev–Trinajstić information content (AvgIpc) is 2.84. The zero-order chi connectivity index (χ0) is 33.8. The summed E-state index contributed by atoms with van der Waals surface area (Å²) in [6.45, 7) is 26.0. The minimum absolute atomic E-state index is 0.0378. The van der Waals surface area contributed by atoms with E-state index in [-0.39, 0.29) is 33.7 Å². The fourth-order valence-electron chi connectivity index (χ4n) is 5.31. The van der Waals surface area contributed by atoms with Gasteiger partial charge < -0.3 is 10.2 Å². The van der Waals surface area contributed by atoms with Gasteiger partial charge in [-0.15, -0.1) is 0 Å². The molecule has 2 atom stereocenters. The monoisotopic (exact) mass is 706 g/mol. The summed E-state index contributed by atoms with van der Waals surface area (Å²) in [5.74, 6) is 0.637. The number of aliphatic imine (C=N–C) groups is 2. The molecule has 0 bridgehead atoms. The van der Waals surface area contributed by atoms with Crippen molar-refractivity contribution in [1.82, 2.24) is 0 Å². The van der Waals surface area contributed by atoms with Crippen LogP contribution in [0.1, 0.15) is 142 Å². The summed E-state index contributed by atoms with van der Waals surface area (Å²) in [6.07, 6.45) is 7.90. The van der Waals surface area contributed by atoms with E-state index < -0.39 is 11.2 Å². The number of halogens is 3. The van der Waals surface area contributed by atoms with Gasteiger partial charge in [-0.25, -0.2) is 0 Å². The molecule has 0 unspecified atom stereocenters. The van der Waals surface area contributed by atoms with Crippen LogP contribution in [0.2, 0.25) is 0 Å². The summed E-state index contributed by atoms with van der Waals surface area (Å²) < 4.78 is 0. The standard InChI is InChI=1S/C36H54N2O2.3ClH.Mn/c1-33(2,3)25-17-23(31(39)27(19-25)35(7,8)9)21-37-29-15-13-14-16-30(29)38-22-24-18-26(34(4,5)6)20-28(32(24)40)36(10,11)12;;;;/h17-22,29-30,39-40H,13-16H2,1-12H3;3*1H;/q;;;;+3/p-3/t29-,30-;;;;/m1..../s1. The van der Waals surface area contributed by atoms with Gasteiger partial charge in [0.05, 0.1) is 12.1 Å². The second kappa shape index (κ2) is 15.1. The Morgan fingerprint density at radius 2 is 0.886 bits per heavy atom. The molecular weight excluding hydrogens is 654 g/mol. The summed E-state index contributed by atoms with van der Waals surface area (Å²) >= 11 is -1.48. The maximum atomic E-state index is 11.2. The van der Waals surface area contributed by atoms with Gasteiger partial charge in [-0.1, -0.05) is 108 Å². The quantitative estimate of drug-likeness (QED) is 0.245. The second-order valence-electron chi connectivity index (χ2n) is 16.1. The van der Waals surface area contributed by atoms with Crippen LogP contribution in [0.3, 0.4) is 0 Å². The maximum absolute atomic E-state index is 11.2. The molecule has 3 rings (SSSR count). The molecule has 0 heterocycles. The van der Waals surface area contributed by atoms with Gasteiger partial charge in [0.25, 0.3) is 0 Å². The Kier molecular flexibility index (Phi) is 13.4. The van der Waals surface area contributed by atoms with Crippen molar-refractivity contribution < 1.29 is 21.4 Å². The first-order valence-corrected chi connectivity index (χ1v) is 20.3. The van der Waals surface area contributed by atoms with Gasteiger partial charge in [0, 0.05) is 34.7 Å². The van der Waals surface area contributed by atoms with E-state index in [0.29, 0.717) is 11.5 Å². The first-order valence-electron chi connectivity index (χ1n) is 15.4. The van der Waals surface area contributed by atoms with Crippen molar-refractivity contribution in [3.05, 3.63) is 57.6 Å². The van der Waals surface area contributed by atoms with Gasteiger partial charge in [0.1, 0.15) is 11.5 Å². The van der Waals surface area contributed by atoms with Gasteiger partial charge in [-0.05, 0) is 57.8 Å². The van der Waals surface area contributed by atoms with Crippen molar-refractivity contribution in [3.8, 4) is 11.5 Å². The average molecular weight is 708 g/mol. The number of rotatable bonds is 4. The molecule has 0 spiro atoms. The number of nitrogens with zero attached hydrogens (tertiary/aromatic N) is 2. The fourth-order valence-corrected chi connectivity index (χ4v) is 5.31. The van der Waals surface area contributed by atoms with Crippen LogP contribution in [0.5, 0.6) is 11.5 Å². The molecule has 0 aromatic heterocycles. The third-order valence-corrected chi connectivity index (χ3v) is 8.13. The van der Waals surface area contributed by atoms with Crippen molar-refractivity contribution in [2.45, 2.75) is 143 Å². The number of benzene rings is 2. The van der Waals surface area contributed by atoms with Gasteiger partial charge in [0.15, 0.2) is 0 Å². The van der Waals surface area contributed by atoms with E-state index in [1.54, 1.807) is 0 Å². The van der Waals surface area contributed by atoms with Crippen molar-refractivity contribution >= 4 is 42.7 Å². The molecule has 1 fully saturated rings. The Balaban J connectivity index is 0.00000159. The molecule has 2 aromatic rings. The van der Waals surface area contributed by atoms with Crippen LogP contribution >= 0.6 is 30.3 Å². The van der Waals surface area contributed by atoms with Gasteiger partial charge in [0.2, 0.25) is 0 Å². The van der Waals surface area contributed by atoms with Crippen molar-refractivity contribution in [1.29, 1.82) is 0 Å². The van der Waals surface area contributed by atoms with E-state index in [4.69, 9.17) is 40.3 Å². The molecule has 2 N–H and O–H groups in total. The molecule has 2 aromatic carbocycles. The van der Waals surface area contributed by atoms with E-state index in [0.717, 1.165) is 47.9 Å². The van der Waals surface area contributed by atoms with Crippen LogP contribution in [0.15, 0.2) is 34.3 Å². The van der Waals surface area contributed by atoms with E-state index in [2.05, 4.69) is 107 Å². The van der Waals surface area contributed by atoms with Crippen molar-refractivity contribution in [2.75, 3.05) is 0 Å². The number of hydrogen-bond acceptors (Lipinski definition) is 4. The third kappa shape index (κ3) is 11.2. The van der Waals surface area contributed by atoms with Gasteiger partial charge >= 0.3 is 41.5 Å². The third-order valence-electron chi connectivity index (χ3n) is 8.13. The predicted molar refractivity (Wildman–Crippen MR) is 190 cm³/mol. The molecule has 1 aliphatic carbocycles. The summed E-state index contributed by atoms with van der Waals surface area (Å²) in [5.41, 5.74) is 5.39. The molecule has 8 heteroatoms. The molecule has 0 aliphatic heterocycles. The Bertz CT molecular complexity index is 1230.